The van der Waals surface area contributed by atoms with Gasteiger partial charge < -0.3 is 24.7 Å². The van der Waals surface area contributed by atoms with Gasteiger partial charge in [-0.15, -0.1) is 0 Å². The molecule has 0 saturated carbocycles. The van der Waals surface area contributed by atoms with Gasteiger partial charge in [0.25, 0.3) is 5.88 Å². The van der Waals surface area contributed by atoms with Crippen LogP contribution in [-0.4, -0.2) is 35.4 Å². The fourth-order valence-electron chi connectivity index (χ4n) is 1.24. The quantitative estimate of drug-likeness (QED) is 0.481. The Morgan fingerprint density at radius 3 is 2.27 bits per heavy atom. The number of anilines is 1. The second-order valence-corrected chi connectivity index (χ2v) is 3.52. The Kier molecular flexibility index (Phi) is 5.86. The number of nitrogens with two attached hydrogens (primary N) is 1. The molecule has 0 aromatic carbocycles. The minimum Gasteiger partial charge on any atom is -0.434 e. The molecule has 1 rings (SSSR count). The van der Waals surface area contributed by atoms with Gasteiger partial charge in [0.2, 0.25) is 11.6 Å². The molecule has 0 aliphatic heterocycles. The molecule has 0 aliphatic rings. The van der Waals surface area contributed by atoms with Gasteiger partial charge in [0.15, 0.2) is 0 Å². The molecule has 0 unspecified atom stereocenters. The maximum Gasteiger partial charge on any atom is 0.515 e. The number of rotatable bonds is 5. The number of hydrogen-bond donors (Lipinski definition) is 1. The molecule has 1 aromatic rings. The number of carbonyl (C=O) groups excluding carboxylic acids is 2. The first-order valence-corrected chi connectivity index (χ1v) is 6.03. The predicted octanol–water partition coefficient (Wildman–Crippen LogP) is 1.64. The Balaban J connectivity index is 3.16. The fourth-order valence-corrected chi connectivity index (χ4v) is 1.24. The van der Waals surface area contributed by atoms with Crippen LogP contribution in [0.15, 0.2) is 6.07 Å². The zero-order valence-corrected chi connectivity index (χ0v) is 11.7. The van der Waals surface area contributed by atoms with Crippen molar-refractivity contribution in [2.24, 2.45) is 0 Å². The molecule has 11 heteroatoms. The summed E-state index contributed by atoms with van der Waals surface area (Å²) < 4.78 is 18.4. The third-order valence-corrected chi connectivity index (χ3v) is 2.06. The largest absolute Gasteiger partial charge is 0.515 e. The van der Waals surface area contributed by atoms with E-state index in [-0.39, 0.29) is 13.2 Å². The Bertz CT molecular complexity index is 589. The minimum atomic E-state index is -1.16. The first-order valence-electron chi connectivity index (χ1n) is 6.03. The standard InChI is InChI=1S/C11H13N3O8/c1-3-19-10(15)21-7-5-6(14(17)18)8(12)13-9(7)22-11(16)20-4-2/h5H,3-4H2,1-2H3,(H2,12,13). The van der Waals surface area contributed by atoms with Crippen molar-refractivity contribution in [3.05, 3.63) is 16.2 Å². The molecule has 11 nitrogen and oxygen atoms in total. The second-order valence-electron chi connectivity index (χ2n) is 3.52. The van der Waals surface area contributed by atoms with E-state index in [9.17, 15) is 19.7 Å². The summed E-state index contributed by atoms with van der Waals surface area (Å²) in [6.07, 6.45) is -2.30. The van der Waals surface area contributed by atoms with Crippen molar-refractivity contribution < 1.29 is 33.5 Å². The van der Waals surface area contributed by atoms with Crippen LogP contribution in [0.25, 0.3) is 0 Å². The highest BCUT2D eigenvalue weighted by molar-refractivity contribution is 5.70. The smallest absolute Gasteiger partial charge is 0.434 e. The maximum atomic E-state index is 11.3. The van der Waals surface area contributed by atoms with Crippen molar-refractivity contribution in [2.45, 2.75) is 13.8 Å². The van der Waals surface area contributed by atoms with Gasteiger partial charge in [-0.3, -0.25) is 10.1 Å². The maximum absolute atomic E-state index is 11.3. The van der Waals surface area contributed by atoms with Gasteiger partial charge in [-0.05, 0) is 13.8 Å². The normalized spacial score (nSPS) is 9.73. The van der Waals surface area contributed by atoms with Crippen LogP contribution in [0.2, 0.25) is 0 Å². The molecular weight excluding hydrogens is 302 g/mol. The first kappa shape index (κ1) is 16.9. The van der Waals surface area contributed by atoms with Crippen molar-refractivity contribution in [3.63, 3.8) is 0 Å². The summed E-state index contributed by atoms with van der Waals surface area (Å²) in [5.41, 5.74) is 4.74. The van der Waals surface area contributed by atoms with E-state index in [1.54, 1.807) is 0 Å². The Labute approximate surface area is 124 Å². The third kappa shape index (κ3) is 4.47. The molecule has 1 heterocycles. The predicted molar refractivity (Wildman–Crippen MR) is 70.6 cm³/mol. The van der Waals surface area contributed by atoms with Crippen LogP contribution in [0.4, 0.5) is 21.1 Å². The summed E-state index contributed by atoms with van der Waals surface area (Å²) in [4.78, 5) is 36.0. The number of hydrogen-bond acceptors (Lipinski definition) is 10. The molecule has 22 heavy (non-hydrogen) atoms. The second kappa shape index (κ2) is 7.61. The lowest BCUT2D eigenvalue weighted by Crippen LogP contribution is -2.16. The van der Waals surface area contributed by atoms with Crippen LogP contribution in [0.5, 0.6) is 11.6 Å². The number of nitrogen functional groups attached to an aromatic ring is 1. The monoisotopic (exact) mass is 315 g/mol. The van der Waals surface area contributed by atoms with E-state index in [0.29, 0.717) is 0 Å². The molecule has 0 bridgehead atoms. The average molecular weight is 315 g/mol. The molecule has 0 amide bonds. The van der Waals surface area contributed by atoms with E-state index in [1.165, 1.54) is 13.8 Å². The molecule has 0 spiro atoms. The van der Waals surface area contributed by atoms with Crippen LogP contribution in [0.1, 0.15) is 13.8 Å². The number of nitrogens with zero attached hydrogens (tertiary/aromatic N) is 2. The van der Waals surface area contributed by atoms with Gasteiger partial charge in [0.1, 0.15) is 0 Å². The van der Waals surface area contributed by atoms with E-state index in [2.05, 4.69) is 19.2 Å². The van der Waals surface area contributed by atoms with Gasteiger partial charge in [-0.2, -0.15) is 4.98 Å². The summed E-state index contributed by atoms with van der Waals surface area (Å²) in [6.45, 7) is 3.10. The number of nitro groups is 1. The molecule has 0 fully saturated rings. The fraction of sp³-hybridized carbons (Fsp3) is 0.364. The van der Waals surface area contributed by atoms with E-state index < -0.39 is 40.4 Å². The van der Waals surface area contributed by atoms with E-state index in [0.717, 1.165) is 6.07 Å². The summed E-state index contributed by atoms with van der Waals surface area (Å²) >= 11 is 0. The van der Waals surface area contributed by atoms with Crippen LogP contribution < -0.4 is 15.2 Å². The number of ether oxygens (including phenoxy) is 4. The topological polar surface area (TPSA) is 153 Å². The summed E-state index contributed by atoms with van der Waals surface area (Å²) in [7, 11) is 0. The van der Waals surface area contributed by atoms with Crippen molar-refractivity contribution in [3.8, 4) is 11.6 Å². The highest BCUT2D eigenvalue weighted by Gasteiger charge is 2.24. The first-order chi connectivity index (χ1) is 10.4. The Hall–Kier alpha value is -3.11. The van der Waals surface area contributed by atoms with Crippen molar-refractivity contribution in [1.82, 2.24) is 4.98 Å². The molecule has 1 aromatic heterocycles. The lowest BCUT2D eigenvalue weighted by molar-refractivity contribution is -0.384. The number of carbonyl (C=O) groups is 2. The van der Waals surface area contributed by atoms with Gasteiger partial charge in [-0.25, -0.2) is 9.59 Å². The third-order valence-electron chi connectivity index (χ3n) is 2.06. The van der Waals surface area contributed by atoms with Crippen LogP contribution >= 0.6 is 0 Å². The van der Waals surface area contributed by atoms with Crippen LogP contribution in [-0.2, 0) is 9.47 Å². The van der Waals surface area contributed by atoms with E-state index in [1.807, 2.05) is 0 Å². The van der Waals surface area contributed by atoms with Gasteiger partial charge in [0.05, 0.1) is 24.2 Å². The molecule has 2 N–H and O–H groups in total. The molecule has 0 aliphatic carbocycles. The highest BCUT2D eigenvalue weighted by Crippen LogP contribution is 2.33. The summed E-state index contributed by atoms with van der Waals surface area (Å²) in [5, 5.41) is 10.8. The molecule has 120 valence electrons. The van der Waals surface area contributed by atoms with E-state index in [4.69, 9.17) is 10.5 Å². The Morgan fingerprint density at radius 1 is 1.23 bits per heavy atom. The lowest BCUT2D eigenvalue weighted by Gasteiger charge is -2.09. The Morgan fingerprint density at radius 2 is 1.77 bits per heavy atom. The number of pyridine rings is 1. The average Bonchev–Trinajstić information content (AvgIpc) is 2.41. The van der Waals surface area contributed by atoms with Gasteiger partial charge in [-0.1, -0.05) is 0 Å². The minimum absolute atomic E-state index is 0.0113. The zero-order chi connectivity index (χ0) is 16.7. The van der Waals surface area contributed by atoms with Gasteiger partial charge in [0, 0.05) is 0 Å². The van der Waals surface area contributed by atoms with Crippen LogP contribution in [0, 0.1) is 10.1 Å². The molecule has 0 radical (unpaired) electrons. The zero-order valence-electron chi connectivity index (χ0n) is 11.7. The molecule has 0 saturated heterocycles. The number of aromatic nitrogens is 1. The lowest BCUT2D eigenvalue weighted by atomic mass is 10.3. The molecular formula is C11H13N3O8. The summed E-state index contributed by atoms with van der Waals surface area (Å²) in [5.74, 6) is -1.59. The summed E-state index contributed by atoms with van der Waals surface area (Å²) in [6, 6.07) is 0.786. The van der Waals surface area contributed by atoms with E-state index >= 15 is 0 Å². The van der Waals surface area contributed by atoms with Crippen molar-refractivity contribution >= 4 is 23.8 Å². The van der Waals surface area contributed by atoms with Crippen molar-refractivity contribution in [1.29, 1.82) is 0 Å². The SMILES string of the molecule is CCOC(=O)Oc1cc([N+](=O)[O-])c(N)nc1OC(=O)OCC. The van der Waals surface area contributed by atoms with Gasteiger partial charge >= 0.3 is 18.0 Å². The van der Waals surface area contributed by atoms with Crippen molar-refractivity contribution in [2.75, 3.05) is 18.9 Å². The molecule has 0 atom stereocenters. The van der Waals surface area contributed by atoms with Crippen LogP contribution in [0.3, 0.4) is 0 Å². The highest BCUT2D eigenvalue weighted by atomic mass is 16.7.